The average Bonchev–Trinajstić information content (AvgIpc) is 2.56. The summed E-state index contributed by atoms with van der Waals surface area (Å²) in [4.78, 5) is 2.18. The fourth-order valence-electron chi connectivity index (χ4n) is 3.18. The second-order valence-electron chi connectivity index (χ2n) is 6.36. The molecule has 0 radical (unpaired) electrons. The van der Waals surface area contributed by atoms with Gasteiger partial charge in [-0.1, -0.05) is 58.4 Å². The average molecular weight is 298 g/mol. The summed E-state index contributed by atoms with van der Waals surface area (Å²) in [5.74, 6) is 1.65. The summed E-state index contributed by atoms with van der Waals surface area (Å²) < 4.78 is 0. The monoisotopic (exact) mass is 298 g/mol. The van der Waals surface area contributed by atoms with Gasteiger partial charge in [0.05, 0.1) is 0 Å². The third-order valence-electron chi connectivity index (χ3n) is 4.77. The van der Waals surface area contributed by atoms with Gasteiger partial charge in [0, 0.05) is 17.9 Å². The van der Waals surface area contributed by atoms with E-state index in [0.717, 1.165) is 12.1 Å². The Morgan fingerprint density at radius 3 is 2.68 bits per heavy atom. The molecule has 0 saturated heterocycles. The minimum atomic E-state index is 0.482. The van der Waals surface area contributed by atoms with Crippen LogP contribution in [0.2, 0.25) is 0 Å². The maximum atomic E-state index is 4.19. The molecular weight excluding hydrogens is 268 g/mol. The highest BCUT2D eigenvalue weighted by atomic mass is 15.2. The van der Waals surface area contributed by atoms with Crippen LogP contribution >= 0.6 is 0 Å². The molecule has 1 atom stereocenters. The van der Waals surface area contributed by atoms with Gasteiger partial charge in [-0.05, 0) is 42.9 Å². The van der Waals surface area contributed by atoms with Crippen LogP contribution < -0.4 is 5.32 Å². The van der Waals surface area contributed by atoms with E-state index in [9.17, 15) is 0 Å². The van der Waals surface area contributed by atoms with E-state index in [0.29, 0.717) is 12.0 Å². The third-order valence-corrected chi connectivity index (χ3v) is 4.77. The number of allylic oxidation sites excluding steroid dienone is 5. The second-order valence-corrected chi connectivity index (χ2v) is 6.36. The molecule has 0 bridgehead atoms. The van der Waals surface area contributed by atoms with Crippen molar-refractivity contribution in [3.8, 4) is 0 Å². The quantitative estimate of drug-likeness (QED) is 0.674. The summed E-state index contributed by atoms with van der Waals surface area (Å²) >= 11 is 0. The van der Waals surface area contributed by atoms with E-state index in [-0.39, 0.29) is 0 Å². The van der Waals surface area contributed by atoms with Crippen molar-refractivity contribution in [3.05, 3.63) is 60.8 Å². The molecule has 0 aromatic rings. The van der Waals surface area contributed by atoms with E-state index in [4.69, 9.17) is 0 Å². The van der Waals surface area contributed by atoms with Gasteiger partial charge in [-0.25, -0.2) is 0 Å². The Morgan fingerprint density at radius 2 is 2.09 bits per heavy atom. The van der Waals surface area contributed by atoms with Crippen molar-refractivity contribution in [1.82, 2.24) is 10.2 Å². The van der Waals surface area contributed by atoms with Gasteiger partial charge < -0.3 is 10.2 Å². The normalized spacial score (nSPS) is 21.5. The van der Waals surface area contributed by atoms with Crippen LogP contribution in [0.3, 0.4) is 0 Å². The molecule has 0 spiro atoms. The SMILES string of the molecule is C=C/C(=C(/NC1CCCCC1)N1C=CC=CC1=C)C(C)CC. The van der Waals surface area contributed by atoms with E-state index in [1.54, 1.807) is 0 Å². The number of hydrogen-bond acceptors (Lipinski definition) is 2. The zero-order chi connectivity index (χ0) is 15.9. The zero-order valence-corrected chi connectivity index (χ0v) is 14.1. The topological polar surface area (TPSA) is 15.3 Å². The van der Waals surface area contributed by atoms with Gasteiger partial charge in [-0.15, -0.1) is 0 Å². The van der Waals surface area contributed by atoms with Crippen molar-refractivity contribution >= 4 is 0 Å². The molecule has 1 N–H and O–H groups in total. The lowest BCUT2D eigenvalue weighted by atomic mass is 9.94. The van der Waals surface area contributed by atoms with Crippen molar-refractivity contribution in [3.63, 3.8) is 0 Å². The number of nitrogens with zero attached hydrogens (tertiary/aromatic N) is 1. The van der Waals surface area contributed by atoms with Crippen molar-refractivity contribution in [1.29, 1.82) is 0 Å². The number of hydrogen-bond donors (Lipinski definition) is 1. The lowest BCUT2D eigenvalue weighted by molar-refractivity contribution is 0.361. The molecule has 1 heterocycles. The van der Waals surface area contributed by atoms with Gasteiger partial charge in [-0.3, -0.25) is 0 Å². The lowest BCUT2D eigenvalue weighted by Crippen LogP contribution is -2.38. The third kappa shape index (κ3) is 3.94. The van der Waals surface area contributed by atoms with Crippen LogP contribution in [0, 0.1) is 5.92 Å². The molecule has 0 aromatic heterocycles. The van der Waals surface area contributed by atoms with Crippen molar-refractivity contribution in [2.75, 3.05) is 0 Å². The highest BCUT2D eigenvalue weighted by Gasteiger charge is 2.22. The molecule has 2 heteroatoms. The molecule has 1 aliphatic heterocycles. The predicted octanol–water partition coefficient (Wildman–Crippen LogP) is 5.25. The van der Waals surface area contributed by atoms with Gasteiger partial charge in [-0.2, -0.15) is 0 Å². The summed E-state index contributed by atoms with van der Waals surface area (Å²) in [5.41, 5.74) is 2.29. The van der Waals surface area contributed by atoms with E-state index < -0.39 is 0 Å². The first-order valence-electron chi connectivity index (χ1n) is 8.63. The molecule has 1 unspecified atom stereocenters. The highest BCUT2D eigenvalue weighted by Crippen LogP contribution is 2.27. The smallest absolute Gasteiger partial charge is 0.114 e. The highest BCUT2D eigenvalue weighted by molar-refractivity contribution is 5.35. The molecule has 1 aliphatic carbocycles. The summed E-state index contributed by atoms with van der Waals surface area (Å²) in [5, 5.41) is 3.81. The van der Waals surface area contributed by atoms with Gasteiger partial charge in [0.25, 0.3) is 0 Å². The van der Waals surface area contributed by atoms with Gasteiger partial charge in [0.1, 0.15) is 5.82 Å². The van der Waals surface area contributed by atoms with Crippen LogP contribution in [0.4, 0.5) is 0 Å². The first-order valence-corrected chi connectivity index (χ1v) is 8.63. The fourth-order valence-corrected chi connectivity index (χ4v) is 3.18. The van der Waals surface area contributed by atoms with Crippen LogP contribution in [-0.2, 0) is 0 Å². The van der Waals surface area contributed by atoms with E-state index in [2.05, 4.69) is 55.6 Å². The fraction of sp³-hybridized carbons (Fsp3) is 0.500. The minimum absolute atomic E-state index is 0.482. The first kappa shape index (κ1) is 16.7. The molecule has 2 aliphatic rings. The standard InChI is InChI=1S/C20H30N2/c1-5-16(3)19(6-2)20(21-18-13-8-7-9-14-18)22-15-11-10-12-17(22)4/h6,10-12,15-16,18,21H,2,4-5,7-9,13-14H2,1,3H3/b20-19+. The van der Waals surface area contributed by atoms with Crippen molar-refractivity contribution in [2.45, 2.75) is 58.4 Å². The Labute approximate surface area is 136 Å². The Kier molecular flexibility index (Phi) is 6.11. The summed E-state index contributed by atoms with van der Waals surface area (Å²) in [7, 11) is 0. The Balaban J connectivity index is 2.32. The summed E-state index contributed by atoms with van der Waals surface area (Å²) in [6.07, 6.45) is 17.9. The predicted molar refractivity (Wildman–Crippen MR) is 95.9 cm³/mol. The molecule has 2 nitrogen and oxygen atoms in total. The lowest BCUT2D eigenvalue weighted by Gasteiger charge is -2.34. The van der Waals surface area contributed by atoms with E-state index >= 15 is 0 Å². The van der Waals surface area contributed by atoms with Gasteiger partial charge >= 0.3 is 0 Å². The largest absolute Gasteiger partial charge is 0.368 e. The first-order chi connectivity index (χ1) is 10.7. The Hall–Kier alpha value is -1.70. The molecule has 1 fully saturated rings. The molecule has 0 amide bonds. The molecule has 120 valence electrons. The van der Waals surface area contributed by atoms with Crippen LogP contribution in [0.15, 0.2) is 60.8 Å². The Morgan fingerprint density at radius 1 is 1.36 bits per heavy atom. The van der Waals surface area contributed by atoms with Gasteiger partial charge in [0.15, 0.2) is 0 Å². The number of rotatable bonds is 6. The van der Waals surface area contributed by atoms with Crippen LogP contribution in [0.5, 0.6) is 0 Å². The Bertz CT molecular complexity index is 490. The van der Waals surface area contributed by atoms with Crippen LogP contribution in [0.1, 0.15) is 52.4 Å². The minimum Gasteiger partial charge on any atom is -0.368 e. The molecule has 1 saturated carbocycles. The van der Waals surface area contributed by atoms with Crippen LogP contribution in [-0.4, -0.2) is 10.9 Å². The zero-order valence-electron chi connectivity index (χ0n) is 14.1. The van der Waals surface area contributed by atoms with Crippen molar-refractivity contribution < 1.29 is 0 Å². The maximum Gasteiger partial charge on any atom is 0.114 e. The van der Waals surface area contributed by atoms with Crippen molar-refractivity contribution in [2.24, 2.45) is 5.92 Å². The van der Waals surface area contributed by atoms with Crippen LogP contribution in [0.25, 0.3) is 0 Å². The maximum absolute atomic E-state index is 4.19. The summed E-state index contributed by atoms with van der Waals surface area (Å²) in [6.45, 7) is 12.8. The number of nitrogens with one attached hydrogen (secondary N) is 1. The van der Waals surface area contributed by atoms with E-state index in [1.165, 1.54) is 43.5 Å². The molecule has 0 aromatic carbocycles. The second kappa shape index (κ2) is 8.07. The molecule has 2 rings (SSSR count). The van der Waals surface area contributed by atoms with Gasteiger partial charge in [0.2, 0.25) is 0 Å². The van der Waals surface area contributed by atoms with E-state index in [1.807, 2.05) is 12.2 Å². The molecular formula is C20H30N2. The molecule has 22 heavy (non-hydrogen) atoms. The summed E-state index contributed by atoms with van der Waals surface area (Å²) in [6, 6.07) is 0.565.